The number of rotatable bonds is 5. The van der Waals surface area contributed by atoms with Crippen molar-refractivity contribution in [3.05, 3.63) is 59.9 Å². The number of nitrogens with zero attached hydrogens (tertiary/aromatic N) is 5. The summed E-state index contributed by atoms with van der Waals surface area (Å²) in [5.74, 6) is 0.963. The molecule has 0 bridgehead atoms. The summed E-state index contributed by atoms with van der Waals surface area (Å²) in [6.07, 6.45) is 3.80. The van der Waals surface area contributed by atoms with E-state index in [2.05, 4.69) is 25.2 Å². The monoisotopic (exact) mass is 282 g/mol. The third-order valence-corrected chi connectivity index (χ3v) is 3.17. The molecule has 0 spiro atoms. The number of aromatic amines is 1. The topological polar surface area (TPSA) is 62.6 Å². The van der Waals surface area contributed by atoms with Crippen LogP contribution in [0.1, 0.15) is 17.2 Å². The Morgan fingerprint density at radius 2 is 2.00 bits per heavy atom. The molecule has 0 saturated carbocycles. The van der Waals surface area contributed by atoms with E-state index in [1.54, 1.807) is 4.68 Å². The Kier molecular flexibility index (Phi) is 3.79. The quantitative estimate of drug-likeness (QED) is 0.776. The van der Waals surface area contributed by atoms with E-state index in [4.69, 9.17) is 0 Å². The van der Waals surface area contributed by atoms with Crippen LogP contribution in [0.4, 0.5) is 0 Å². The van der Waals surface area contributed by atoms with E-state index in [0.29, 0.717) is 0 Å². The highest BCUT2D eigenvalue weighted by Crippen LogP contribution is 2.08. The molecule has 6 nitrogen and oxygen atoms in total. The zero-order valence-electron chi connectivity index (χ0n) is 12.2. The van der Waals surface area contributed by atoms with Crippen molar-refractivity contribution in [3.63, 3.8) is 0 Å². The minimum absolute atomic E-state index is 0.729. The minimum atomic E-state index is 0.729. The molecule has 3 rings (SSSR count). The molecule has 0 radical (unpaired) electrons. The lowest BCUT2D eigenvalue weighted by atomic mass is 10.3. The first-order valence-electron chi connectivity index (χ1n) is 6.86. The van der Waals surface area contributed by atoms with Crippen LogP contribution in [-0.2, 0) is 13.1 Å². The number of nitrogens with one attached hydrogen (secondary N) is 1. The lowest BCUT2D eigenvalue weighted by molar-refractivity contribution is 0.307. The number of para-hydroxylation sites is 1. The van der Waals surface area contributed by atoms with Gasteiger partial charge in [-0.05, 0) is 26.1 Å². The maximum Gasteiger partial charge on any atom is 0.120 e. The third-order valence-electron chi connectivity index (χ3n) is 3.17. The van der Waals surface area contributed by atoms with Crippen LogP contribution in [-0.4, -0.2) is 36.9 Å². The van der Waals surface area contributed by atoms with Gasteiger partial charge in [0.2, 0.25) is 0 Å². The molecule has 0 aliphatic heterocycles. The molecule has 21 heavy (non-hydrogen) atoms. The van der Waals surface area contributed by atoms with Gasteiger partial charge in [0.1, 0.15) is 5.82 Å². The molecule has 0 unspecified atom stereocenters. The number of H-pyrrole nitrogens is 1. The van der Waals surface area contributed by atoms with Crippen molar-refractivity contribution >= 4 is 0 Å². The van der Waals surface area contributed by atoms with Crippen LogP contribution in [0.15, 0.2) is 42.7 Å². The van der Waals surface area contributed by atoms with Crippen LogP contribution in [0.2, 0.25) is 0 Å². The average molecular weight is 282 g/mol. The van der Waals surface area contributed by atoms with E-state index in [9.17, 15) is 0 Å². The first-order chi connectivity index (χ1) is 10.2. The van der Waals surface area contributed by atoms with E-state index in [0.717, 1.165) is 36.0 Å². The smallest absolute Gasteiger partial charge is 0.120 e. The van der Waals surface area contributed by atoms with Gasteiger partial charge in [-0.15, -0.1) is 5.10 Å². The fourth-order valence-electron chi connectivity index (χ4n) is 2.21. The Morgan fingerprint density at radius 1 is 1.19 bits per heavy atom. The second-order valence-electron chi connectivity index (χ2n) is 5.18. The number of hydrogen-bond acceptors (Lipinski definition) is 4. The molecule has 108 valence electrons. The normalized spacial score (nSPS) is 11.2. The van der Waals surface area contributed by atoms with Gasteiger partial charge < -0.3 is 4.98 Å². The Morgan fingerprint density at radius 3 is 2.71 bits per heavy atom. The van der Waals surface area contributed by atoms with Gasteiger partial charge in [0, 0.05) is 18.4 Å². The van der Waals surface area contributed by atoms with Crippen LogP contribution >= 0.6 is 0 Å². The van der Waals surface area contributed by atoms with Gasteiger partial charge >= 0.3 is 0 Å². The molecule has 0 saturated heterocycles. The Hall–Kier alpha value is -2.47. The number of hydrogen-bond donors (Lipinski definition) is 1. The summed E-state index contributed by atoms with van der Waals surface area (Å²) in [7, 11) is 2.04. The van der Waals surface area contributed by atoms with Gasteiger partial charge in [-0.25, -0.2) is 9.67 Å². The Bertz CT molecular complexity index is 700. The van der Waals surface area contributed by atoms with Gasteiger partial charge in [0.15, 0.2) is 0 Å². The molecular weight excluding hydrogens is 264 g/mol. The van der Waals surface area contributed by atoms with E-state index in [-0.39, 0.29) is 0 Å². The van der Waals surface area contributed by atoms with Gasteiger partial charge in [-0.3, -0.25) is 4.90 Å². The van der Waals surface area contributed by atoms with Crippen LogP contribution in [0, 0.1) is 6.92 Å². The van der Waals surface area contributed by atoms with Crippen LogP contribution in [0.3, 0.4) is 0 Å². The van der Waals surface area contributed by atoms with Crippen molar-refractivity contribution in [1.82, 2.24) is 29.9 Å². The van der Waals surface area contributed by atoms with E-state index in [1.165, 1.54) is 0 Å². The molecule has 1 aromatic carbocycles. The molecule has 0 atom stereocenters. The molecule has 0 aliphatic carbocycles. The highest BCUT2D eigenvalue weighted by atomic mass is 15.4. The fourth-order valence-corrected chi connectivity index (χ4v) is 2.21. The largest absolute Gasteiger partial charge is 0.345 e. The first kappa shape index (κ1) is 13.5. The van der Waals surface area contributed by atoms with Crippen molar-refractivity contribution in [2.24, 2.45) is 0 Å². The predicted molar refractivity (Wildman–Crippen MR) is 79.9 cm³/mol. The van der Waals surface area contributed by atoms with Gasteiger partial charge in [-0.2, -0.15) is 0 Å². The lowest BCUT2D eigenvalue weighted by Gasteiger charge is -2.12. The Balaban J connectivity index is 1.64. The molecular formula is C15H18N6. The summed E-state index contributed by atoms with van der Waals surface area (Å²) < 4.78 is 1.79. The van der Waals surface area contributed by atoms with Crippen LogP contribution in [0.5, 0.6) is 0 Å². The Labute approximate surface area is 123 Å². The molecule has 3 aromatic rings. The summed E-state index contributed by atoms with van der Waals surface area (Å²) in [5.41, 5.74) is 3.03. The average Bonchev–Trinajstić information content (AvgIpc) is 3.09. The zero-order chi connectivity index (χ0) is 14.7. The van der Waals surface area contributed by atoms with Gasteiger partial charge in [-0.1, -0.05) is 23.4 Å². The summed E-state index contributed by atoms with van der Waals surface area (Å²) in [4.78, 5) is 9.69. The molecule has 1 N–H and O–H groups in total. The summed E-state index contributed by atoms with van der Waals surface area (Å²) >= 11 is 0. The van der Waals surface area contributed by atoms with Gasteiger partial charge in [0.05, 0.1) is 24.1 Å². The van der Waals surface area contributed by atoms with E-state index >= 15 is 0 Å². The standard InChI is InChI=1S/C15H18N6/c1-12-8-16-15(17-12)11-20(2)9-13-10-21(19-18-13)14-6-4-3-5-7-14/h3-8,10H,9,11H2,1-2H3,(H,16,17). The van der Waals surface area contributed by atoms with Gasteiger partial charge in [0.25, 0.3) is 0 Å². The first-order valence-corrected chi connectivity index (χ1v) is 6.86. The van der Waals surface area contributed by atoms with Crippen molar-refractivity contribution in [2.75, 3.05) is 7.05 Å². The molecule has 2 heterocycles. The lowest BCUT2D eigenvalue weighted by Crippen LogP contribution is -2.18. The van der Waals surface area contributed by atoms with Crippen molar-refractivity contribution in [1.29, 1.82) is 0 Å². The van der Waals surface area contributed by atoms with Crippen molar-refractivity contribution < 1.29 is 0 Å². The number of aryl methyl sites for hydroxylation is 1. The van der Waals surface area contributed by atoms with E-state index in [1.807, 2.05) is 56.7 Å². The van der Waals surface area contributed by atoms with Crippen LogP contribution in [0.25, 0.3) is 5.69 Å². The number of aromatic nitrogens is 5. The molecule has 0 amide bonds. The minimum Gasteiger partial charge on any atom is -0.345 e. The van der Waals surface area contributed by atoms with Crippen LogP contribution < -0.4 is 0 Å². The fraction of sp³-hybridized carbons (Fsp3) is 0.267. The predicted octanol–water partition coefficient (Wildman–Crippen LogP) is 1.93. The third kappa shape index (κ3) is 3.35. The van der Waals surface area contributed by atoms with Crippen molar-refractivity contribution in [3.8, 4) is 5.69 Å². The highest BCUT2D eigenvalue weighted by Gasteiger charge is 2.08. The highest BCUT2D eigenvalue weighted by molar-refractivity contribution is 5.29. The summed E-state index contributed by atoms with van der Waals surface area (Å²) in [5, 5.41) is 8.39. The maximum absolute atomic E-state index is 4.31. The maximum atomic E-state index is 4.31. The SMILES string of the molecule is Cc1cnc(CN(C)Cc2cn(-c3ccccc3)nn2)[nH]1. The number of benzene rings is 1. The summed E-state index contributed by atoms with van der Waals surface area (Å²) in [6.45, 7) is 3.49. The van der Waals surface area contributed by atoms with E-state index < -0.39 is 0 Å². The molecule has 0 aliphatic rings. The van der Waals surface area contributed by atoms with Crippen molar-refractivity contribution in [2.45, 2.75) is 20.0 Å². The second kappa shape index (κ2) is 5.88. The molecule has 6 heteroatoms. The number of imidazole rings is 1. The summed E-state index contributed by atoms with van der Waals surface area (Å²) in [6, 6.07) is 9.98. The molecule has 2 aromatic heterocycles. The zero-order valence-corrected chi connectivity index (χ0v) is 12.2. The second-order valence-corrected chi connectivity index (χ2v) is 5.18. The molecule has 0 fully saturated rings.